The van der Waals surface area contributed by atoms with Crippen LogP contribution in [0.1, 0.15) is 11.6 Å². The average Bonchev–Trinajstić information content (AvgIpc) is 2.63. The van der Waals surface area contributed by atoms with Crippen molar-refractivity contribution in [1.82, 2.24) is 20.4 Å². The highest BCUT2D eigenvalue weighted by molar-refractivity contribution is 5.85. The molecule has 1 aromatic rings. The third-order valence-corrected chi connectivity index (χ3v) is 2.03. The predicted octanol–water partition coefficient (Wildman–Crippen LogP) is 0.405. The molecule has 1 amide bonds. The predicted molar refractivity (Wildman–Crippen MR) is 65.5 cm³/mol. The summed E-state index contributed by atoms with van der Waals surface area (Å²) in [7, 11) is 3.56. The monoisotopic (exact) mass is 244 g/mol. The summed E-state index contributed by atoms with van der Waals surface area (Å²) in [4.78, 5) is 11.7. The molecule has 0 aromatic carbocycles. The Morgan fingerprint density at radius 3 is 2.88 bits per heavy atom. The van der Waals surface area contributed by atoms with Crippen LogP contribution in [-0.2, 0) is 11.8 Å². The highest BCUT2D eigenvalue weighted by atomic mass is 35.5. The number of rotatable bonds is 5. The van der Waals surface area contributed by atoms with Gasteiger partial charge in [-0.3, -0.25) is 9.48 Å². The van der Waals surface area contributed by atoms with Crippen LogP contribution in [0.25, 0.3) is 0 Å². The lowest BCUT2D eigenvalue weighted by atomic mass is 10.1. The lowest BCUT2D eigenvalue weighted by Crippen LogP contribution is -2.35. The quantitative estimate of drug-likeness (QED) is 0.738. The van der Waals surface area contributed by atoms with Crippen molar-refractivity contribution >= 4 is 18.3 Å². The van der Waals surface area contributed by atoms with Crippen LogP contribution in [0.5, 0.6) is 0 Å². The zero-order valence-corrected chi connectivity index (χ0v) is 10.3. The first-order chi connectivity index (χ1) is 7.19. The Hall–Kier alpha value is -1.33. The van der Waals surface area contributed by atoms with E-state index in [-0.39, 0.29) is 24.4 Å². The highest BCUT2D eigenvalue weighted by Crippen LogP contribution is 2.10. The van der Waals surface area contributed by atoms with Gasteiger partial charge < -0.3 is 10.6 Å². The zero-order valence-electron chi connectivity index (χ0n) is 9.43. The van der Waals surface area contributed by atoms with Gasteiger partial charge in [0, 0.05) is 25.4 Å². The molecule has 0 radical (unpaired) electrons. The molecule has 0 aliphatic heterocycles. The zero-order chi connectivity index (χ0) is 11.3. The molecular formula is C10H17ClN4O. The van der Waals surface area contributed by atoms with Gasteiger partial charge in [0.15, 0.2) is 0 Å². The third kappa shape index (κ3) is 3.67. The lowest BCUT2D eigenvalue weighted by molar-refractivity contribution is -0.122. The standard InChI is InChI=1S/C10H16N4O.ClH/c1-4-5-12-10(15)9(11-2)8-6-13-14(3)7-8;/h4,6-7,9,11H,1,5H2,2-3H3,(H,12,15);1H. The molecule has 16 heavy (non-hydrogen) atoms. The number of carbonyl (C=O) groups is 1. The van der Waals surface area contributed by atoms with E-state index < -0.39 is 0 Å². The van der Waals surface area contributed by atoms with Crippen molar-refractivity contribution in [3.8, 4) is 0 Å². The fourth-order valence-electron chi connectivity index (χ4n) is 1.31. The van der Waals surface area contributed by atoms with Crippen molar-refractivity contribution in [3.63, 3.8) is 0 Å². The largest absolute Gasteiger partial charge is 0.351 e. The number of nitrogens with zero attached hydrogens (tertiary/aromatic N) is 2. The molecule has 0 bridgehead atoms. The maximum atomic E-state index is 11.7. The van der Waals surface area contributed by atoms with Crippen LogP contribution in [0.2, 0.25) is 0 Å². The second-order valence-electron chi connectivity index (χ2n) is 3.20. The van der Waals surface area contributed by atoms with Gasteiger partial charge in [-0.1, -0.05) is 6.08 Å². The van der Waals surface area contributed by atoms with Crippen molar-refractivity contribution in [3.05, 3.63) is 30.6 Å². The first-order valence-electron chi connectivity index (χ1n) is 4.73. The minimum absolute atomic E-state index is 0. The molecule has 2 N–H and O–H groups in total. The van der Waals surface area contributed by atoms with Crippen molar-refractivity contribution in [2.24, 2.45) is 7.05 Å². The van der Waals surface area contributed by atoms with Gasteiger partial charge in [-0.2, -0.15) is 5.10 Å². The summed E-state index contributed by atoms with van der Waals surface area (Å²) < 4.78 is 1.67. The summed E-state index contributed by atoms with van der Waals surface area (Å²) >= 11 is 0. The van der Waals surface area contributed by atoms with Crippen molar-refractivity contribution in [2.45, 2.75) is 6.04 Å². The van der Waals surface area contributed by atoms with Crippen LogP contribution >= 0.6 is 12.4 Å². The lowest BCUT2D eigenvalue weighted by Gasteiger charge is -2.13. The van der Waals surface area contributed by atoms with Crippen LogP contribution in [0, 0.1) is 0 Å². The van der Waals surface area contributed by atoms with Gasteiger partial charge in [-0.05, 0) is 7.05 Å². The molecule has 0 spiro atoms. The molecular weight excluding hydrogens is 228 g/mol. The summed E-state index contributed by atoms with van der Waals surface area (Å²) in [5.41, 5.74) is 0.849. The maximum absolute atomic E-state index is 11.7. The molecule has 0 aliphatic rings. The molecule has 1 aromatic heterocycles. The smallest absolute Gasteiger partial charge is 0.242 e. The van der Waals surface area contributed by atoms with E-state index in [2.05, 4.69) is 22.3 Å². The molecule has 90 valence electrons. The molecule has 1 atom stereocenters. The number of halogens is 1. The van der Waals surface area contributed by atoms with Gasteiger partial charge in [-0.15, -0.1) is 19.0 Å². The maximum Gasteiger partial charge on any atom is 0.242 e. The van der Waals surface area contributed by atoms with Crippen LogP contribution in [0.4, 0.5) is 0 Å². The van der Waals surface area contributed by atoms with Crippen LogP contribution in [-0.4, -0.2) is 29.3 Å². The number of hydrogen-bond donors (Lipinski definition) is 2. The molecule has 0 aliphatic carbocycles. The number of nitrogens with one attached hydrogen (secondary N) is 2. The van der Waals surface area contributed by atoms with E-state index >= 15 is 0 Å². The van der Waals surface area contributed by atoms with Crippen LogP contribution in [0.15, 0.2) is 25.0 Å². The minimum atomic E-state index is -0.362. The first kappa shape index (κ1) is 14.7. The number of likely N-dealkylation sites (N-methyl/N-ethyl adjacent to an activating group) is 1. The summed E-state index contributed by atoms with van der Waals surface area (Å²) in [6.45, 7) is 4.01. The van der Waals surface area contributed by atoms with E-state index in [1.54, 1.807) is 24.0 Å². The normalized spacial score (nSPS) is 11.4. The van der Waals surface area contributed by atoms with Gasteiger partial charge in [0.05, 0.1) is 6.20 Å². The third-order valence-electron chi connectivity index (χ3n) is 2.03. The molecule has 1 unspecified atom stereocenters. The van der Waals surface area contributed by atoms with E-state index in [0.717, 1.165) is 5.56 Å². The van der Waals surface area contributed by atoms with Gasteiger partial charge in [0.25, 0.3) is 0 Å². The SMILES string of the molecule is C=CCNC(=O)C(NC)c1cnn(C)c1.Cl. The first-order valence-corrected chi connectivity index (χ1v) is 4.73. The molecule has 0 saturated carbocycles. The van der Waals surface area contributed by atoms with E-state index in [1.807, 2.05) is 13.2 Å². The Morgan fingerprint density at radius 1 is 1.75 bits per heavy atom. The van der Waals surface area contributed by atoms with Gasteiger partial charge >= 0.3 is 0 Å². The minimum Gasteiger partial charge on any atom is -0.351 e. The van der Waals surface area contributed by atoms with Crippen LogP contribution < -0.4 is 10.6 Å². The highest BCUT2D eigenvalue weighted by Gasteiger charge is 2.18. The topological polar surface area (TPSA) is 59.0 Å². The fourth-order valence-corrected chi connectivity index (χ4v) is 1.31. The molecule has 1 rings (SSSR count). The van der Waals surface area contributed by atoms with E-state index in [1.165, 1.54) is 0 Å². The Balaban J connectivity index is 0.00000225. The molecule has 6 heteroatoms. The Labute approximate surface area is 101 Å². The van der Waals surface area contributed by atoms with E-state index in [4.69, 9.17) is 0 Å². The summed E-state index contributed by atoms with van der Waals surface area (Å²) in [6, 6.07) is -0.362. The molecule has 0 fully saturated rings. The van der Waals surface area contributed by atoms with Gasteiger partial charge in [-0.25, -0.2) is 0 Å². The average molecular weight is 245 g/mol. The summed E-state index contributed by atoms with van der Waals surface area (Å²) in [5, 5.41) is 9.70. The van der Waals surface area contributed by atoms with Crippen LogP contribution in [0.3, 0.4) is 0 Å². The van der Waals surface area contributed by atoms with E-state index in [9.17, 15) is 4.79 Å². The second kappa shape index (κ2) is 7.03. The second-order valence-corrected chi connectivity index (χ2v) is 3.20. The van der Waals surface area contributed by atoms with Crippen molar-refractivity contribution < 1.29 is 4.79 Å². The molecule has 5 nitrogen and oxygen atoms in total. The number of carbonyl (C=O) groups excluding carboxylic acids is 1. The Morgan fingerprint density at radius 2 is 2.44 bits per heavy atom. The Kier molecular flexibility index (Phi) is 6.44. The fraction of sp³-hybridized carbons (Fsp3) is 0.400. The number of aryl methyl sites for hydroxylation is 1. The van der Waals surface area contributed by atoms with Gasteiger partial charge in [0.1, 0.15) is 6.04 Å². The van der Waals surface area contributed by atoms with Gasteiger partial charge in [0.2, 0.25) is 5.91 Å². The summed E-state index contributed by atoms with van der Waals surface area (Å²) in [6.07, 6.45) is 5.14. The van der Waals surface area contributed by atoms with Crippen molar-refractivity contribution in [1.29, 1.82) is 0 Å². The number of hydrogen-bond acceptors (Lipinski definition) is 3. The van der Waals surface area contributed by atoms with E-state index in [0.29, 0.717) is 6.54 Å². The Bertz CT molecular complexity index is 350. The molecule has 1 heterocycles. The van der Waals surface area contributed by atoms with Crippen molar-refractivity contribution in [2.75, 3.05) is 13.6 Å². The number of aromatic nitrogens is 2. The number of amides is 1. The summed E-state index contributed by atoms with van der Waals surface area (Å²) in [5.74, 6) is -0.0783. The molecule has 0 saturated heterocycles.